The Balaban J connectivity index is 1.57. The number of para-hydroxylation sites is 1. The van der Waals surface area contributed by atoms with Crippen molar-refractivity contribution < 1.29 is 14.6 Å². The minimum Gasteiger partial charge on any atom is -0.450 e. The molecule has 6 heteroatoms. The van der Waals surface area contributed by atoms with Crippen molar-refractivity contribution in [3.63, 3.8) is 0 Å². The summed E-state index contributed by atoms with van der Waals surface area (Å²) in [7, 11) is 0. The molecular weight excluding hydrogens is 294 g/mol. The highest BCUT2D eigenvalue weighted by atomic mass is 16.6. The van der Waals surface area contributed by atoms with E-state index in [4.69, 9.17) is 4.74 Å². The van der Waals surface area contributed by atoms with Gasteiger partial charge in [0.25, 0.3) is 0 Å². The highest BCUT2D eigenvalue weighted by Gasteiger charge is 2.24. The van der Waals surface area contributed by atoms with Crippen LogP contribution in [0.3, 0.4) is 0 Å². The number of benzene rings is 1. The van der Waals surface area contributed by atoms with Crippen LogP contribution >= 0.6 is 0 Å². The lowest BCUT2D eigenvalue weighted by Crippen LogP contribution is -2.49. The predicted octanol–water partition coefficient (Wildman–Crippen LogP) is 1.98. The molecule has 2 aromatic rings. The summed E-state index contributed by atoms with van der Waals surface area (Å²) in [5.74, 6) is 0. The van der Waals surface area contributed by atoms with Crippen molar-refractivity contribution in [3.05, 3.63) is 36.0 Å². The van der Waals surface area contributed by atoms with Crippen LogP contribution in [0.1, 0.15) is 18.6 Å². The van der Waals surface area contributed by atoms with Gasteiger partial charge in [-0.15, -0.1) is 0 Å². The summed E-state index contributed by atoms with van der Waals surface area (Å²) in [5, 5.41) is 11.6. The lowest BCUT2D eigenvalue weighted by Gasteiger charge is -2.34. The zero-order valence-electron chi connectivity index (χ0n) is 13.4. The van der Waals surface area contributed by atoms with Gasteiger partial charge in [0.1, 0.15) is 0 Å². The third-order valence-electron chi connectivity index (χ3n) is 4.31. The third kappa shape index (κ3) is 3.48. The molecule has 2 heterocycles. The fraction of sp³-hybridized carbons (Fsp3) is 0.471. The number of β-amino-alcohol motifs (C(OH)–C–C–N with tert-alkyl or cyclic N) is 1. The maximum Gasteiger partial charge on any atom is 0.409 e. The molecule has 23 heavy (non-hydrogen) atoms. The van der Waals surface area contributed by atoms with Gasteiger partial charge in [0.15, 0.2) is 0 Å². The van der Waals surface area contributed by atoms with Crippen LogP contribution in [0.25, 0.3) is 10.9 Å². The van der Waals surface area contributed by atoms with Gasteiger partial charge in [-0.2, -0.15) is 0 Å². The first-order valence-electron chi connectivity index (χ1n) is 8.07. The fourth-order valence-corrected chi connectivity index (χ4v) is 3.04. The molecule has 0 unspecified atom stereocenters. The Kier molecular flexibility index (Phi) is 4.83. The van der Waals surface area contributed by atoms with Gasteiger partial charge in [0, 0.05) is 55.4 Å². The molecule has 1 aromatic carbocycles. The van der Waals surface area contributed by atoms with Crippen LogP contribution in [0.4, 0.5) is 4.79 Å². The van der Waals surface area contributed by atoms with Gasteiger partial charge in [-0.3, -0.25) is 4.90 Å². The first kappa shape index (κ1) is 15.8. The molecule has 3 rings (SSSR count). The second kappa shape index (κ2) is 7.02. The minimum absolute atomic E-state index is 0.246. The van der Waals surface area contributed by atoms with E-state index in [0.717, 1.165) is 29.6 Å². The van der Waals surface area contributed by atoms with E-state index in [1.807, 2.05) is 37.4 Å². The number of aliphatic hydroxyl groups excluding tert-OH is 1. The van der Waals surface area contributed by atoms with E-state index < -0.39 is 6.10 Å². The zero-order chi connectivity index (χ0) is 16.2. The van der Waals surface area contributed by atoms with Gasteiger partial charge in [0.05, 0.1) is 12.7 Å². The summed E-state index contributed by atoms with van der Waals surface area (Å²) in [6.07, 6.45) is 1.09. The first-order valence-corrected chi connectivity index (χ1v) is 8.07. The molecule has 1 fully saturated rings. The summed E-state index contributed by atoms with van der Waals surface area (Å²) in [6, 6.07) is 7.97. The molecular formula is C17H23N3O3. The molecule has 124 valence electrons. The number of carbonyl (C=O) groups is 1. The van der Waals surface area contributed by atoms with E-state index >= 15 is 0 Å². The van der Waals surface area contributed by atoms with Crippen molar-refractivity contribution in [2.75, 3.05) is 39.3 Å². The number of fused-ring (bicyclic) bond motifs is 1. The maximum absolute atomic E-state index is 11.7. The summed E-state index contributed by atoms with van der Waals surface area (Å²) in [5.41, 5.74) is 1.96. The molecule has 1 aliphatic rings. The van der Waals surface area contributed by atoms with E-state index in [0.29, 0.717) is 26.2 Å². The summed E-state index contributed by atoms with van der Waals surface area (Å²) < 4.78 is 5.02. The average Bonchev–Trinajstić information content (AvgIpc) is 3.00. The third-order valence-corrected chi connectivity index (χ3v) is 4.31. The number of piperazine rings is 1. The number of rotatable bonds is 4. The molecule has 6 nitrogen and oxygen atoms in total. The molecule has 2 N–H and O–H groups in total. The van der Waals surface area contributed by atoms with Crippen LogP contribution in [0.2, 0.25) is 0 Å². The molecule has 0 spiro atoms. The van der Waals surface area contributed by atoms with Crippen molar-refractivity contribution >= 4 is 17.0 Å². The van der Waals surface area contributed by atoms with Crippen LogP contribution in [0.5, 0.6) is 0 Å². The summed E-state index contributed by atoms with van der Waals surface area (Å²) in [4.78, 5) is 18.8. The van der Waals surface area contributed by atoms with Crippen molar-refractivity contribution in [2.24, 2.45) is 0 Å². The molecule has 0 saturated carbocycles. The van der Waals surface area contributed by atoms with E-state index in [-0.39, 0.29) is 6.09 Å². The molecule has 1 aliphatic heterocycles. The highest BCUT2D eigenvalue weighted by molar-refractivity contribution is 5.83. The Morgan fingerprint density at radius 1 is 1.30 bits per heavy atom. The number of nitrogens with one attached hydrogen (secondary N) is 1. The Morgan fingerprint density at radius 2 is 2.04 bits per heavy atom. The smallest absolute Gasteiger partial charge is 0.409 e. The van der Waals surface area contributed by atoms with Gasteiger partial charge in [-0.05, 0) is 13.0 Å². The number of aliphatic hydroxyl groups is 1. The monoisotopic (exact) mass is 317 g/mol. The lowest BCUT2D eigenvalue weighted by molar-refractivity contribution is 0.0582. The molecule has 1 amide bonds. The number of aromatic nitrogens is 1. The molecule has 1 aromatic heterocycles. The normalized spacial score (nSPS) is 17.4. The Bertz CT molecular complexity index is 662. The molecule has 1 atom stereocenters. The first-order chi connectivity index (χ1) is 11.2. The van der Waals surface area contributed by atoms with Gasteiger partial charge < -0.3 is 19.7 Å². The molecule has 0 radical (unpaired) electrons. The van der Waals surface area contributed by atoms with Crippen LogP contribution < -0.4 is 0 Å². The number of H-pyrrole nitrogens is 1. The Morgan fingerprint density at radius 3 is 2.78 bits per heavy atom. The van der Waals surface area contributed by atoms with Crippen molar-refractivity contribution in [3.8, 4) is 0 Å². The van der Waals surface area contributed by atoms with Gasteiger partial charge in [-0.1, -0.05) is 18.2 Å². The quantitative estimate of drug-likeness (QED) is 0.905. The second-order valence-corrected chi connectivity index (χ2v) is 5.79. The SMILES string of the molecule is CCOC(=O)N1CCN(C[C@H](O)c2c[nH]c3ccccc23)CC1. The van der Waals surface area contributed by atoms with Gasteiger partial charge in [-0.25, -0.2) is 4.79 Å². The summed E-state index contributed by atoms with van der Waals surface area (Å²) >= 11 is 0. The number of aromatic amines is 1. The zero-order valence-corrected chi connectivity index (χ0v) is 13.4. The van der Waals surface area contributed by atoms with Crippen LogP contribution in [-0.2, 0) is 4.74 Å². The number of carbonyl (C=O) groups excluding carboxylic acids is 1. The predicted molar refractivity (Wildman–Crippen MR) is 88.3 cm³/mol. The standard InChI is InChI=1S/C17H23N3O3/c1-2-23-17(22)20-9-7-19(8-10-20)12-16(21)14-11-18-15-6-4-3-5-13(14)15/h3-6,11,16,18,21H,2,7-10,12H2,1H3/t16-/m0/s1. The van der Waals surface area contributed by atoms with Crippen molar-refractivity contribution in [2.45, 2.75) is 13.0 Å². The molecule has 1 saturated heterocycles. The molecule has 0 bridgehead atoms. The number of nitrogens with zero attached hydrogens (tertiary/aromatic N) is 2. The van der Waals surface area contributed by atoms with Crippen molar-refractivity contribution in [1.29, 1.82) is 0 Å². The number of amides is 1. The largest absolute Gasteiger partial charge is 0.450 e. The van der Waals surface area contributed by atoms with Gasteiger partial charge >= 0.3 is 6.09 Å². The van der Waals surface area contributed by atoms with E-state index in [1.54, 1.807) is 4.90 Å². The Labute approximate surface area is 135 Å². The maximum atomic E-state index is 11.7. The topological polar surface area (TPSA) is 68.8 Å². The minimum atomic E-state index is -0.541. The van der Waals surface area contributed by atoms with E-state index in [9.17, 15) is 9.90 Å². The van der Waals surface area contributed by atoms with Crippen molar-refractivity contribution in [1.82, 2.24) is 14.8 Å². The number of hydrogen-bond acceptors (Lipinski definition) is 4. The van der Waals surface area contributed by atoms with Crippen LogP contribution in [-0.4, -0.2) is 65.3 Å². The lowest BCUT2D eigenvalue weighted by atomic mass is 10.1. The van der Waals surface area contributed by atoms with Crippen LogP contribution in [0, 0.1) is 0 Å². The van der Waals surface area contributed by atoms with Crippen LogP contribution in [0.15, 0.2) is 30.5 Å². The van der Waals surface area contributed by atoms with Gasteiger partial charge in [0.2, 0.25) is 0 Å². The summed E-state index contributed by atoms with van der Waals surface area (Å²) in [6.45, 7) is 5.55. The second-order valence-electron chi connectivity index (χ2n) is 5.79. The highest BCUT2D eigenvalue weighted by Crippen LogP contribution is 2.24. The Hall–Kier alpha value is -2.05. The number of hydrogen-bond donors (Lipinski definition) is 2. The fourth-order valence-electron chi connectivity index (χ4n) is 3.04. The number of ether oxygens (including phenoxy) is 1. The van der Waals surface area contributed by atoms with E-state index in [2.05, 4.69) is 9.88 Å². The van der Waals surface area contributed by atoms with E-state index in [1.165, 1.54) is 0 Å². The average molecular weight is 317 g/mol. The molecule has 0 aliphatic carbocycles.